The van der Waals surface area contributed by atoms with Gasteiger partial charge in [0.1, 0.15) is 12.1 Å². The molecule has 6 bridgehead atoms. The molecule has 5 aliphatic rings. The fourth-order valence-corrected chi connectivity index (χ4v) is 11.2. The lowest BCUT2D eigenvalue weighted by Gasteiger charge is -2.43. The molecule has 300 valence electrons. The zero-order valence-electron chi connectivity index (χ0n) is 33.9. The van der Waals surface area contributed by atoms with E-state index in [0.717, 1.165) is 88.1 Å². The number of carbonyl (C=O) groups excluding carboxylic acids is 3. The fraction of sp³-hybridized carbons (Fsp3) is 0.523. The number of fused-ring (bicyclic) bond motifs is 8. The maximum absolute atomic E-state index is 14.7. The molecule has 1 spiro atoms. The molecule has 1 amide bonds. The number of methoxy groups -OCH3 is 1. The van der Waals surface area contributed by atoms with E-state index in [0.29, 0.717) is 44.2 Å². The number of aryl methyl sites for hydroxylation is 1. The van der Waals surface area contributed by atoms with Crippen LogP contribution in [0.4, 0.5) is 5.69 Å². The molecule has 1 aromatic carbocycles. The Kier molecular flexibility index (Phi) is 9.65. The van der Waals surface area contributed by atoms with Crippen LogP contribution in [0.2, 0.25) is 0 Å². The van der Waals surface area contributed by atoms with Gasteiger partial charge in [0.05, 0.1) is 46.0 Å². The van der Waals surface area contributed by atoms with E-state index in [1.54, 1.807) is 12.1 Å². The number of nitrogens with one attached hydrogen (secondary N) is 1. The zero-order chi connectivity index (χ0) is 39.8. The predicted molar refractivity (Wildman–Crippen MR) is 221 cm³/mol. The van der Waals surface area contributed by atoms with Crippen LogP contribution in [0, 0.1) is 10.8 Å². The van der Waals surface area contributed by atoms with Gasteiger partial charge in [0.25, 0.3) is 0 Å². The van der Waals surface area contributed by atoms with E-state index in [-0.39, 0.29) is 24.2 Å². The number of esters is 1. The molecule has 2 fully saturated rings. The molecule has 0 radical (unpaired) electrons. The van der Waals surface area contributed by atoms with E-state index in [1.165, 1.54) is 18.3 Å². The molecule has 57 heavy (non-hydrogen) atoms. The topological polar surface area (TPSA) is 122 Å². The number of benzene rings is 1. The van der Waals surface area contributed by atoms with E-state index >= 15 is 0 Å². The van der Waals surface area contributed by atoms with Crippen molar-refractivity contribution in [2.24, 2.45) is 10.8 Å². The summed E-state index contributed by atoms with van der Waals surface area (Å²) in [6.07, 6.45) is 6.12. The van der Waals surface area contributed by atoms with Crippen LogP contribution in [0.25, 0.3) is 33.4 Å². The molecule has 9 rings (SSSR count). The largest absolute Gasteiger partial charge is 0.464 e. The maximum atomic E-state index is 14.7. The minimum atomic E-state index is -1.07. The lowest BCUT2D eigenvalue weighted by molar-refractivity contribution is -0.158. The number of nitrogens with zero attached hydrogens (tertiary/aromatic N) is 6. The number of thiazole rings is 1. The SMILES string of the molecule is CCn1c2c3c4cc(ccc41)-c1csc(n1)C[C@@]1(CCC=C1C(C)=O)C(=O)N1CCC[C@H](N1)C(=O)OCC(C)(C)C3[C@H](OC)c1ncc(N3CCN(C)CC3)cc1-2. The Bertz CT molecular complexity index is 2300. The molecule has 0 saturated carbocycles. The number of ether oxygens (including phenoxy) is 2. The Hall–Kier alpha value is -4.43. The van der Waals surface area contributed by atoms with Crippen molar-refractivity contribution in [1.82, 2.24) is 29.9 Å². The lowest BCUT2D eigenvalue weighted by atomic mass is 9.67. The number of amides is 1. The summed E-state index contributed by atoms with van der Waals surface area (Å²) in [5.41, 5.74) is 10.4. The van der Waals surface area contributed by atoms with Crippen LogP contribution < -0.4 is 10.3 Å². The van der Waals surface area contributed by atoms with Crippen molar-refractivity contribution < 1.29 is 23.9 Å². The second kappa shape index (κ2) is 14.4. The molecule has 1 unspecified atom stereocenters. The van der Waals surface area contributed by atoms with Gasteiger partial charge in [0.15, 0.2) is 5.78 Å². The van der Waals surface area contributed by atoms with E-state index in [9.17, 15) is 14.4 Å². The summed E-state index contributed by atoms with van der Waals surface area (Å²) in [7, 11) is 3.92. The van der Waals surface area contributed by atoms with Crippen LogP contribution >= 0.6 is 11.3 Å². The molecule has 3 aromatic heterocycles. The number of aromatic nitrogens is 3. The Morgan fingerprint density at radius 3 is 2.68 bits per heavy atom. The van der Waals surface area contributed by atoms with Crippen molar-refractivity contribution in [3.05, 3.63) is 63.8 Å². The average molecular weight is 792 g/mol. The normalized spacial score (nSPS) is 26.4. The number of hydrogen-bond donors (Lipinski definition) is 1. The number of carbonyl (C=O) groups is 3. The van der Waals surface area contributed by atoms with Crippen molar-refractivity contribution in [1.29, 1.82) is 0 Å². The summed E-state index contributed by atoms with van der Waals surface area (Å²) in [4.78, 5) is 57.0. The molecule has 4 atom stereocenters. The molecule has 6 heterocycles. The van der Waals surface area contributed by atoms with Crippen molar-refractivity contribution in [3.8, 4) is 22.5 Å². The first-order valence-electron chi connectivity index (χ1n) is 20.5. The summed E-state index contributed by atoms with van der Waals surface area (Å²) in [5.74, 6) is -0.926. The minimum absolute atomic E-state index is 0.109. The van der Waals surface area contributed by atoms with Crippen molar-refractivity contribution >= 4 is 45.6 Å². The monoisotopic (exact) mass is 791 g/mol. The molecule has 13 heteroatoms. The zero-order valence-corrected chi connectivity index (χ0v) is 34.7. The van der Waals surface area contributed by atoms with Crippen LogP contribution in [0.1, 0.15) is 81.7 Å². The maximum Gasteiger partial charge on any atom is 0.324 e. The first-order chi connectivity index (χ1) is 27.4. The number of rotatable bonds is 4. The third-order valence-electron chi connectivity index (χ3n) is 13.3. The van der Waals surface area contributed by atoms with Gasteiger partial charge < -0.3 is 23.8 Å². The molecule has 2 saturated heterocycles. The minimum Gasteiger partial charge on any atom is -0.464 e. The summed E-state index contributed by atoms with van der Waals surface area (Å²) in [6, 6.07) is 8.20. The highest BCUT2D eigenvalue weighted by Gasteiger charge is 2.51. The average Bonchev–Trinajstić information content (AvgIpc) is 3.95. The predicted octanol–water partition coefficient (Wildman–Crippen LogP) is 6.30. The second-order valence-electron chi connectivity index (χ2n) is 17.3. The molecule has 2 aliphatic carbocycles. The van der Waals surface area contributed by atoms with Gasteiger partial charge in [-0.3, -0.25) is 24.4 Å². The molecule has 1 N–H and O–H groups in total. The third kappa shape index (κ3) is 6.23. The number of Topliss-reactive ketones (excluding diaryl/α,β-unsaturated/α-hetero) is 1. The Morgan fingerprint density at radius 2 is 1.93 bits per heavy atom. The first kappa shape index (κ1) is 38.1. The number of hydrogen-bond acceptors (Lipinski definition) is 11. The number of anilines is 1. The Morgan fingerprint density at radius 1 is 1.12 bits per heavy atom. The van der Waals surface area contributed by atoms with Gasteiger partial charge in [-0.25, -0.2) is 10.4 Å². The van der Waals surface area contributed by atoms with Crippen molar-refractivity contribution in [2.45, 2.75) is 84.4 Å². The van der Waals surface area contributed by atoms with Gasteiger partial charge in [0.2, 0.25) is 5.91 Å². The summed E-state index contributed by atoms with van der Waals surface area (Å²) < 4.78 is 15.2. The van der Waals surface area contributed by atoms with Crippen LogP contribution in [0.3, 0.4) is 0 Å². The molecular weight excluding hydrogens is 739 g/mol. The third-order valence-corrected chi connectivity index (χ3v) is 14.1. The number of cyclic esters (lactones) is 1. The summed E-state index contributed by atoms with van der Waals surface area (Å²) in [5, 5.41) is 5.54. The van der Waals surface area contributed by atoms with E-state index in [4.69, 9.17) is 19.4 Å². The van der Waals surface area contributed by atoms with Gasteiger partial charge in [-0.05, 0) is 70.3 Å². The number of allylic oxidation sites excluding steroid dienone is 1. The second-order valence-corrected chi connectivity index (χ2v) is 18.2. The highest BCUT2D eigenvalue weighted by Crippen LogP contribution is 2.57. The van der Waals surface area contributed by atoms with Gasteiger partial charge >= 0.3 is 5.97 Å². The highest BCUT2D eigenvalue weighted by molar-refractivity contribution is 7.10. The molecule has 4 aromatic rings. The summed E-state index contributed by atoms with van der Waals surface area (Å²) in [6.45, 7) is 13.2. The standard InChI is InChI=1S/C44H53N7O5S/c1-7-50-34-13-12-27-20-29(34)36-37(40(55-6)38-30(39(36)50)21-28(23-45-38)49-18-16-48(5)17-19-49)43(3,4)25-56-41(53)32-11-9-15-51(47-32)42(54)44(14-8-10-31(44)26(2)52)22-35-46-33(27)24-57-35/h10,12-13,20-21,23-24,32,37,40,47H,7-9,11,14-19,22,25H2,1-6H3/t32-,37?,40-,44+/m0/s1. The number of hydrazine groups is 1. The number of likely N-dealkylation sites (N-methyl/N-ethyl adjacent to an activating group) is 1. The van der Waals surface area contributed by atoms with Crippen LogP contribution in [-0.2, 0) is 36.8 Å². The number of ketones is 1. The van der Waals surface area contributed by atoms with Gasteiger partial charge in [-0.2, -0.15) is 0 Å². The van der Waals surface area contributed by atoms with Crippen molar-refractivity contribution in [3.63, 3.8) is 0 Å². The van der Waals surface area contributed by atoms with Gasteiger partial charge in [0, 0.05) is 97.1 Å². The fourth-order valence-electron chi connectivity index (χ4n) is 10.3. The lowest BCUT2D eigenvalue weighted by Crippen LogP contribution is -2.59. The quantitative estimate of drug-likeness (QED) is 0.236. The van der Waals surface area contributed by atoms with Crippen LogP contribution in [0.5, 0.6) is 0 Å². The van der Waals surface area contributed by atoms with E-state index in [1.807, 2.05) is 12.3 Å². The smallest absolute Gasteiger partial charge is 0.324 e. The molecule has 12 nitrogen and oxygen atoms in total. The number of piperazine rings is 1. The Balaban J connectivity index is 1.24. The molecule has 3 aliphatic heterocycles. The van der Waals surface area contributed by atoms with Crippen LogP contribution in [0.15, 0.2) is 47.5 Å². The van der Waals surface area contributed by atoms with E-state index < -0.39 is 28.9 Å². The first-order valence-corrected chi connectivity index (χ1v) is 21.4. The highest BCUT2D eigenvalue weighted by atomic mass is 32.1. The Labute approximate surface area is 338 Å². The van der Waals surface area contributed by atoms with Crippen molar-refractivity contribution in [2.75, 3.05) is 58.4 Å². The van der Waals surface area contributed by atoms with Gasteiger partial charge in [-0.15, -0.1) is 11.3 Å². The molecular formula is C44H53N7O5S. The van der Waals surface area contributed by atoms with Gasteiger partial charge in [-0.1, -0.05) is 26.0 Å². The number of pyridine rings is 1. The van der Waals surface area contributed by atoms with Crippen LogP contribution in [-0.4, -0.2) is 102 Å². The van der Waals surface area contributed by atoms with E-state index in [2.05, 4.69) is 77.3 Å². The summed E-state index contributed by atoms with van der Waals surface area (Å²) >= 11 is 1.53.